The molecule has 2 N–H and O–H groups in total. The molecule has 2 heterocycles. The van der Waals surface area contributed by atoms with Crippen LogP contribution in [0, 0.1) is 0 Å². The number of hydrogen-bond donors (Lipinski definition) is 2. The summed E-state index contributed by atoms with van der Waals surface area (Å²) in [6.07, 6.45) is 1.41. The third-order valence-electron chi connectivity index (χ3n) is 3.36. The van der Waals surface area contributed by atoms with E-state index < -0.39 is 5.91 Å². The molecule has 0 aliphatic heterocycles. The molecule has 1 aromatic carbocycles. The van der Waals surface area contributed by atoms with Crippen LogP contribution in [0.1, 0.15) is 10.6 Å². The normalized spacial score (nSPS) is 10.3. The Balaban J connectivity index is 1.51. The molecule has 27 heavy (non-hydrogen) atoms. The molecule has 0 aliphatic rings. The van der Waals surface area contributed by atoms with Crippen molar-refractivity contribution in [3.05, 3.63) is 60.6 Å². The van der Waals surface area contributed by atoms with Crippen LogP contribution in [0.15, 0.2) is 64.2 Å². The van der Waals surface area contributed by atoms with Crippen molar-refractivity contribution in [2.75, 3.05) is 23.5 Å². The van der Waals surface area contributed by atoms with Crippen LogP contribution in [0.5, 0.6) is 5.75 Å². The lowest BCUT2D eigenvalue weighted by molar-refractivity contribution is -0.113. The molecular weight excluding hydrogens is 368 g/mol. The number of aromatic nitrogens is 2. The van der Waals surface area contributed by atoms with Gasteiger partial charge in [-0.1, -0.05) is 23.9 Å². The van der Waals surface area contributed by atoms with Crippen molar-refractivity contribution in [1.29, 1.82) is 0 Å². The average molecular weight is 384 g/mol. The summed E-state index contributed by atoms with van der Waals surface area (Å²) in [5.74, 6) is 0.618. The Labute approximate surface area is 159 Å². The van der Waals surface area contributed by atoms with Crippen LogP contribution in [-0.2, 0) is 4.79 Å². The second-order valence-corrected chi connectivity index (χ2v) is 6.22. The van der Waals surface area contributed by atoms with Crippen LogP contribution < -0.4 is 15.4 Å². The zero-order valence-corrected chi connectivity index (χ0v) is 15.2. The Morgan fingerprint density at radius 2 is 1.93 bits per heavy atom. The fourth-order valence-corrected chi connectivity index (χ4v) is 2.74. The standard InChI is InChI=1S/C18H16N4O4S/c1-25-13-6-3-2-5-12(13)19-16(23)11-27-17-9-8-15(21-22-17)20-18(24)14-7-4-10-26-14/h2-10H,11H2,1H3,(H,19,23)(H,20,21,24). The predicted molar refractivity (Wildman–Crippen MR) is 101 cm³/mol. The molecule has 2 amide bonds. The highest BCUT2D eigenvalue weighted by Gasteiger charge is 2.11. The van der Waals surface area contributed by atoms with Crippen LogP contribution >= 0.6 is 11.8 Å². The second-order valence-electron chi connectivity index (χ2n) is 5.23. The van der Waals surface area contributed by atoms with Crippen molar-refractivity contribution in [3.63, 3.8) is 0 Å². The molecule has 0 unspecified atom stereocenters. The maximum atomic E-state index is 12.1. The molecule has 8 nitrogen and oxygen atoms in total. The summed E-state index contributed by atoms with van der Waals surface area (Å²) >= 11 is 1.23. The molecule has 9 heteroatoms. The van der Waals surface area contributed by atoms with Crippen LogP contribution in [0.25, 0.3) is 0 Å². The zero-order chi connectivity index (χ0) is 19.1. The van der Waals surface area contributed by atoms with Crippen molar-refractivity contribution in [2.24, 2.45) is 0 Å². The number of thioether (sulfide) groups is 1. The van der Waals surface area contributed by atoms with E-state index in [1.165, 1.54) is 18.0 Å². The summed E-state index contributed by atoms with van der Waals surface area (Å²) < 4.78 is 10.2. The van der Waals surface area contributed by atoms with Crippen molar-refractivity contribution < 1.29 is 18.7 Å². The van der Waals surface area contributed by atoms with Crippen LogP contribution in [-0.4, -0.2) is 34.9 Å². The van der Waals surface area contributed by atoms with E-state index in [0.29, 0.717) is 22.3 Å². The van der Waals surface area contributed by atoms with E-state index in [-0.39, 0.29) is 17.4 Å². The van der Waals surface area contributed by atoms with Gasteiger partial charge >= 0.3 is 0 Å². The van der Waals surface area contributed by atoms with E-state index >= 15 is 0 Å². The lowest BCUT2D eigenvalue weighted by Gasteiger charge is -2.09. The third kappa shape index (κ3) is 5.08. The quantitative estimate of drug-likeness (QED) is 0.603. The number of carbonyl (C=O) groups excluding carboxylic acids is 2. The SMILES string of the molecule is COc1ccccc1NC(=O)CSc1ccc(NC(=O)c2ccco2)nn1. The Kier molecular flexibility index (Phi) is 6.06. The van der Waals surface area contributed by atoms with Gasteiger partial charge in [-0.3, -0.25) is 9.59 Å². The van der Waals surface area contributed by atoms with E-state index in [9.17, 15) is 9.59 Å². The largest absolute Gasteiger partial charge is 0.495 e. The number of nitrogens with zero attached hydrogens (tertiary/aromatic N) is 2. The van der Waals surface area contributed by atoms with Gasteiger partial charge in [0.2, 0.25) is 5.91 Å². The van der Waals surface area contributed by atoms with Gasteiger partial charge in [-0.25, -0.2) is 0 Å². The first kappa shape index (κ1) is 18.5. The lowest BCUT2D eigenvalue weighted by Crippen LogP contribution is -2.15. The average Bonchev–Trinajstić information content (AvgIpc) is 3.23. The molecule has 2 aromatic heterocycles. The number of hydrogen-bond acceptors (Lipinski definition) is 7. The van der Waals surface area contributed by atoms with Crippen LogP contribution in [0.3, 0.4) is 0 Å². The van der Waals surface area contributed by atoms with Crippen molar-refractivity contribution in [1.82, 2.24) is 10.2 Å². The molecule has 0 atom stereocenters. The van der Waals surface area contributed by atoms with E-state index in [4.69, 9.17) is 9.15 Å². The summed E-state index contributed by atoms with van der Waals surface area (Å²) in [5.41, 5.74) is 0.604. The maximum absolute atomic E-state index is 12.1. The summed E-state index contributed by atoms with van der Waals surface area (Å²) in [5, 5.41) is 13.8. The number of ether oxygens (including phenoxy) is 1. The smallest absolute Gasteiger partial charge is 0.292 e. The van der Waals surface area contributed by atoms with Gasteiger partial charge in [0.05, 0.1) is 24.8 Å². The van der Waals surface area contributed by atoms with E-state index in [1.54, 1.807) is 43.5 Å². The summed E-state index contributed by atoms with van der Waals surface area (Å²) in [6, 6.07) is 13.6. The Morgan fingerprint density at radius 1 is 1.07 bits per heavy atom. The first-order chi connectivity index (χ1) is 13.2. The maximum Gasteiger partial charge on any atom is 0.292 e. The molecule has 0 saturated carbocycles. The highest BCUT2D eigenvalue weighted by Crippen LogP contribution is 2.23. The molecule has 0 spiro atoms. The minimum Gasteiger partial charge on any atom is -0.495 e. The fourth-order valence-electron chi connectivity index (χ4n) is 2.12. The number of furan rings is 1. The van der Waals surface area contributed by atoms with E-state index in [1.807, 2.05) is 12.1 Å². The first-order valence-electron chi connectivity index (χ1n) is 7.90. The predicted octanol–water partition coefficient (Wildman–Crippen LogP) is 3.06. The highest BCUT2D eigenvalue weighted by atomic mass is 32.2. The van der Waals surface area contributed by atoms with E-state index in [0.717, 1.165) is 0 Å². The molecule has 138 valence electrons. The van der Waals surface area contributed by atoms with Gasteiger partial charge in [-0.15, -0.1) is 10.2 Å². The van der Waals surface area contributed by atoms with Crippen molar-refractivity contribution in [3.8, 4) is 5.75 Å². The summed E-state index contributed by atoms with van der Waals surface area (Å²) in [4.78, 5) is 24.0. The van der Waals surface area contributed by atoms with Gasteiger partial charge < -0.3 is 19.8 Å². The van der Waals surface area contributed by atoms with Crippen LogP contribution in [0.2, 0.25) is 0 Å². The molecule has 3 rings (SSSR count). The number of anilines is 2. The number of nitrogens with one attached hydrogen (secondary N) is 2. The van der Waals surface area contributed by atoms with Gasteiger partial charge in [-0.05, 0) is 36.4 Å². The van der Waals surface area contributed by atoms with Crippen molar-refractivity contribution >= 4 is 35.1 Å². The van der Waals surface area contributed by atoms with Gasteiger partial charge in [0.15, 0.2) is 11.6 Å². The number of para-hydroxylation sites is 2. The molecule has 3 aromatic rings. The van der Waals surface area contributed by atoms with Crippen molar-refractivity contribution in [2.45, 2.75) is 5.03 Å². The summed E-state index contributed by atoms with van der Waals surface area (Å²) in [7, 11) is 1.54. The molecule has 0 fully saturated rings. The number of amides is 2. The monoisotopic (exact) mass is 384 g/mol. The third-order valence-corrected chi connectivity index (χ3v) is 4.28. The molecule has 0 saturated heterocycles. The molecule has 0 bridgehead atoms. The molecular formula is C18H16N4O4S. The minimum atomic E-state index is -0.411. The Hall–Kier alpha value is -3.33. The van der Waals surface area contributed by atoms with E-state index in [2.05, 4.69) is 20.8 Å². The minimum absolute atomic E-state index is 0.158. The number of carbonyl (C=O) groups is 2. The number of rotatable bonds is 7. The van der Waals surface area contributed by atoms with Gasteiger partial charge in [0, 0.05) is 0 Å². The topological polar surface area (TPSA) is 106 Å². The van der Waals surface area contributed by atoms with Gasteiger partial charge in [0.1, 0.15) is 10.8 Å². The highest BCUT2D eigenvalue weighted by molar-refractivity contribution is 7.99. The second kappa shape index (κ2) is 8.86. The summed E-state index contributed by atoms with van der Waals surface area (Å²) in [6.45, 7) is 0. The molecule has 0 radical (unpaired) electrons. The number of methoxy groups -OCH3 is 1. The zero-order valence-electron chi connectivity index (χ0n) is 14.3. The fraction of sp³-hybridized carbons (Fsp3) is 0.111. The Bertz CT molecular complexity index is 913. The van der Waals surface area contributed by atoms with Crippen LogP contribution in [0.4, 0.5) is 11.5 Å². The first-order valence-corrected chi connectivity index (χ1v) is 8.88. The lowest BCUT2D eigenvalue weighted by atomic mass is 10.3. The van der Waals surface area contributed by atoms with Gasteiger partial charge in [-0.2, -0.15) is 0 Å². The Morgan fingerprint density at radius 3 is 2.63 bits per heavy atom. The molecule has 0 aliphatic carbocycles. The number of benzene rings is 1. The van der Waals surface area contributed by atoms with Gasteiger partial charge in [0.25, 0.3) is 5.91 Å².